The van der Waals surface area contributed by atoms with Crippen molar-refractivity contribution < 1.29 is 4.79 Å². The fourth-order valence-electron chi connectivity index (χ4n) is 3.14. The second-order valence-corrected chi connectivity index (χ2v) is 5.13. The third kappa shape index (κ3) is 2.24. The third-order valence-electron chi connectivity index (χ3n) is 4.09. The second-order valence-electron chi connectivity index (χ2n) is 5.13. The maximum Gasteiger partial charge on any atom is 0.245 e. The first-order valence-corrected chi connectivity index (χ1v) is 6.17. The number of hydrogen-bond donors (Lipinski definition) is 0. The largest absolute Gasteiger partial charge is 0.339 e. The van der Waals surface area contributed by atoms with Crippen LogP contribution in [-0.4, -0.2) is 23.9 Å². The van der Waals surface area contributed by atoms with Crippen LogP contribution >= 0.6 is 0 Å². The minimum atomic E-state index is 0.121. The number of carbonyl (C=O) groups is 1. The summed E-state index contributed by atoms with van der Waals surface area (Å²) in [5.41, 5.74) is 0.467. The Morgan fingerprint density at radius 3 is 2.40 bits per heavy atom. The second kappa shape index (κ2) is 4.38. The first-order valence-electron chi connectivity index (χ1n) is 6.17. The normalized spacial score (nSPS) is 25.2. The summed E-state index contributed by atoms with van der Waals surface area (Å²) in [6.07, 6.45) is 10.8. The van der Waals surface area contributed by atoms with Crippen LogP contribution in [0.3, 0.4) is 0 Å². The van der Waals surface area contributed by atoms with Crippen LogP contribution < -0.4 is 0 Å². The van der Waals surface area contributed by atoms with Crippen LogP contribution in [0, 0.1) is 5.41 Å². The molecule has 0 radical (unpaired) electrons. The fraction of sp³-hybridized carbons (Fsp3) is 0.769. The highest BCUT2D eigenvalue weighted by Crippen LogP contribution is 2.42. The summed E-state index contributed by atoms with van der Waals surface area (Å²) in [7, 11) is 0. The highest BCUT2D eigenvalue weighted by molar-refractivity contribution is 5.87. The summed E-state index contributed by atoms with van der Waals surface area (Å²) < 4.78 is 0. The van der Waals surface area contributed by atoms with E-state index < -0.39 is 0 Å². The molecular weight excluding hydrogens is 186 g/mol. The zero-order chi connectivity index (χ0) is 10.7. The van der Waals surface area contributed by atoms with Gasteiger partial charge in [0.25, 0.3) is 0 Å². The van der Waals surface area contributed by atoms with E-state index in [0.717, 1.165) is 13.1 Å². The van der Waals surface area contributed by atoms with Gasteiger partial charge < -0.3 is 4.90 Å². The maximum absolute atomic E-state index is 11.5. The topological polar surface area (TPSA) is 20.3 Å². The van der Waals surface area contributed by atoms with Gasteiger partial charge in [-0.25, -0.2) is 0 Å². The van der Waals surface area contributed by atoms with E-state index in [4.69, 9.17) is 0 Å². The van der Waals surface area contributed by atoms with Crippen molar-refractivity contribution >= 4 is 5.91 Å². The van der Waals surface area contributed by atoms with Crippen LogP contribution in [0.25, 0.3) is 0 Å². The van der Waals surface area contributed by atoms with E-state index >= 15 is 0 Å². The Bertz CT molecular complexity index is 251. The van der Waals surface area contributed by atoms with Crippen LogP contribution in [0.2, 0.25) is 0 Å². The van der Waals surface area contributed by atoms with Gasteiger partial charge in [0.15, 0.2) is 0 Å². The molecule has 2 aliphatic rings. The molecule has 0 unspecified atom stereocenters. The van der Waals surface area contributed by atoms with Gasteiger partial charge in [0.2, 0.25) is 5.91 Å². The molecule has 2 rings (SSSR count). The van der Waals surface area contributed by atoms with Crippen LogP contribution in [0.1, 0.15) is 44.9 Å². The third-order valence-corrected chi connectivity index (χ3v) is 4.09. The molecule has 1 saturated carbocycles. The molecule has 0 aromatic carbocycles. The molecule has 15 heavy (non-hydrogen) atoms. The molecule has 1 aliphatic carbocycles. The Balaban J connectivity index is 1.99. The number of rotatable bonds is 1. The van der Waals surface area contributed by atoms with Gasteiger partial charge in [0.05, 0.1) is 0 Å². The van der Waals surface area contributed by atoms with Gasteiger partial charge in [-0.2, -0.15) is 0 Å². The number of amides is 1. The van der Waals surface area contributed by atoms with Gasteiger partial charge in [0.1, 0.15) is 0 Å². The molecule has 1 amide bonds. The summed E-state index contributed by atoms with van der Waals surface area (Å²) in [5, 5.41) is 0. The van der Waals surface area contributed by atoms with Crippen molar-refractivity contribution in [2.24, 2.45) is 5.41 Å². The van der Waals surface area contributed by atoms with Crippen LogP contribution in [0.4, 0.5) is 0 Å². The molecule has 0 aromatic rings. The van der Waals surface area contributed by atoms with E-state index in [1.807, 2.05) is 4.90 Å². The molecule has 0 N–H and O–H groups in total. The van der Waals surface area contributed by atoms with Gasteiger partial charge in [-0.05, 0) is 30.8 Å². The Kier molecular flexibility index (Phi) is 3.13. The summed E-state index contributed by atoms with van der Waals surface area (Å²) in [5.74, 6) is 0.121. The molecular formula is C13H21NO. The molecule has 1 spiro atoms. The maximum atomic E-state index is 11.5. The van der Waals surface area contributed by atoms with Crippen molar-refractivity contribution in [1.82, 2.24) is 4.90 Å². The van der Waals surface area contributed by atoms with Gasteiger partial charge in [-0.3, -0.25) is 4.79 Å². The zero-order valence-electron chi connectivity index (χ0n) is 9.50. The zero-order valence-corrected chi connectivity index (χ0v) is 9.50. The Labute approximate surface area is 92.3 Å². The number of nitrogens with zero attached hydrogens (tertiary/aromatic N) is 1. The molecule has 1 heterocycles. The molecule has 0 bridgehead atoms. The van der Waals surface area contributed by atoms with Gasteiger partial charge >= 0.3 is 0 Å². The lowest BCUT2D eigenvalue weighted by Gasteiger charge is -2.27. The summed E-state index contributed by atoms with van der Waals surface area (Å²) in [6, 6.07) is 0. The van der Waals surface area contributed by atoms with E-state index in [0.29, 0.717) is 5.41 Å². The predicted molar refractivity (Wildman–Crippen MR) is 61.5 cm³/mol. The highest BCUT2D eigenvalue weighted by Gasteiger charge is 2.38. The SMILES string of the molecule is C=CC(=O)N1CCC2(CCCCCC2)C1. The minimum Gasteiger partial charge on any atom is -0.339 e. The van der Waals surface area contributed by atoms with Crippen molar-refractivity contribution in [3.63, 3.8) is 0 Å². The van der Waals surface area contributed by atoms with Crippen molar-refractivity contribution in [3.8, 4) is 0 Å². The fourth-order valence-corrected chi connectivity index (χ4v) is 3.14. The van der Waals surface area contributed by atoms with Gasteiger partial charge in [-0.1, -0.05) is 32.3 Å². The molecule has 1 saturated heterocycles. The number of carbonyl (C=O) groups excluding carboxylic acids is 1. The summed E-state index contributed by atoms with van der Waals surface area (Å²) >= 11 is 0. The molecule has 2 heteroatoms. The predicted octanol–water partition coefficient (Wildman–Crippen LogP) is 2.75. The van der Waals surface area contributed by atoms with E-state index in [-0.39, 0.29) is 5.91 Å². The molecule has 0 atom stereocenters. The smallest absolute Gasteiger partial charge is 0.245 e. The van der Waals surface area contributed by atoms with Crippen LogP contribution in [-0.2, 0) is 4.79 Å². The first-order chi connectivity index (χ1) is 7.26. The Morgan fingerprint density at radius 2 is 1.80 bits per heavy atom. The molecule has 2 fully saturated rings. The number of hydrogen-bond acceptors (Lipinski definition) is 1. The lowest BCUT2D eigenvalue weighted by Crippen LogP contribution is -2.30. The van der Waals surface area contributed by atoms with Gasteiger partial charge in [0, 0.05) is 13.1 Å². The molecule has 2 nitrogen and oxygen atoms in total. The van der Waals surface area contributed by atoms with E-state index in [1.54, 1.807) is 0 Å². The minimum absolute atomic E-state index is 0.121. The van der Waals surface area contributed by atoms with E-state index in [9.17, 15) is 4.79 Å². The molecule has 0 aromatic heterocycles. The number of likely N-dealkylation sites (tertiary alicyclic amines) is 1. The van der Waals surface area contributed by atoms with Crippen molar-refractivity contribution in [3.05, 3.63) is 12.7 Å². The summed E-state index contributed by atoms with van der Waals surface area (Å²) in [4.78, 5) is 13.5. The first kappa shape index (κ1) is 10.7. The average molecular weight is 207 g/mol. The Hall–Kier alpha value is -0.790. The average Bonchev–Trinajstić information content (AvgIpc) is 2.52. The van der Waals surface area contributed by atoms with Crippen LogP contribution in [0.5, 0.6) is 0 Å². The molecule has 84 valence electrons. The van der Waals surface area contributed by atoms with Crippen molar-refractivity contribution in [1.29, 1.82) is 0 Å². The van der Waals surface area contributed by atoms with Gasteiger partial charge in [-0.15, -0.1) is 0 Å². The van der Waals surface area contributed by atoms with E-state index in [1.165, 1.54) is 51.0 Å². The Morgan fingerprint density at radius 1 is 1.13 bits per heavy atom. The van der Waals surface area contributed by atoms with Crippen molar-refractivity contribution in [2.45, 2.75) is 44.9 Å². The summed E-state index contributed by atoms with van der Waals surface area (Å²) in [6.45, 7) is 5.50. The highest BCUT2D eigenvalue weighted by atomic mass is 16.2. The van der Waals surface area contributed by atoms with Crippen molar-refractivity contribution in [2.75, 3.05) is 13.1 Å². The molecule has 1 aliphatic heterocycles. The quantitative estimate of drug-likeness (QED) is 0.605. The lowest BCUT2D eigenvalue weighted by atomic mass is 9.80. The lowest BCUT2D eigenvalue weighted by molar-refractivity contribution is -0.125. The van der Waals surface area contributed by atoms with E-state index in [2.05, 4.69) is 6.58 Å². The standard InChI is InChI=1S/C13H21NO/c1-2-12(15)14-10-9-13(11-14)7-5-3-4-6-8-13/h2H,1,3-11H2. The van der Waals surface area contributed by atoms with Crippen LogP contribution in [0.15, 0.2) is 12.7 Å². The monoisotopic (exact) mass is 207 g/mol.